The van der Waals surface area contributed by atoms with Crippen LogP contribution in [0.2, 0.25) is 0 Å². The smallest absolute Gasteiger partial charge is 0.230 e. The van der Waals surface area contributed by atoms with Crippen molar-refractivity contribution >= 4 is 17.5 Å². The highest BCUT2D eigenvalue weighted by molar-refractivity contribution is 5.95. The normalized spacial score (nSPS) is 32.5. The van der Waals surface area contributed by atoms with Gasteiger partial charge in [-0.15, -0.1) is 0 Å². The molecule has 0 spiro atoms. The van der Waals surface area contributed by atoms with E-state index >= 15 is 0 Å². The lowest BCUT2D eigenvalue weighted by molar-refractivity contribution is -0.140. The lowest BCUT2D eigenvalue weighted by Crippen LogP contribution is -2.51. The summed E-state index contributed by atoms with van der Waals surface area (Å²) in [5.74, 6) is 2.64. The Kier molecular flexibility index (Phi) is 4.09. The summed E-state index contributed by atoms with van der Waals surface area (Å²) in [5.41, 5.74) is 1.71. The maximum absolute atomic E-state index is 13.0. The lowest BCUT2D eigenvalue weighted by atomic mass is 9.49. The van der Waals surface area contributed by atoms with Crippen LogP contribution in [0.4, 0.5) is 5.69 Å². The minimum atomic E-state index is -0.117. The van der Waals surface area contributed by atoms with Crippen LogP contribution >= 0.6 is 0 Å². The van der Waals surface area contributed by atoms with E-state index in [2.05, 4.69) is 5.32 Å². The molecule has 4 bridgehead atoms. The number of amides is 2. The van der Waals surface area contributed by atoms with Crippen molar-refractivity contribution in [2.24, 2.45) is 23.2 Å². The average Bonchev–Trinajstić information content (AvgIpc) is 2.55. The Bertz CT molecular complexity index is 642. The summed E-state index contributed by atoms with van der Waals surface area (Å²) < 4.78 is 0. The van der Waals surface area contributed by atoms with Gasteiger partial charge in [-0.3, -0.25) is 9.59 Å². The van der Waals surface area contributed by atoms with Gasteiger partial charge >= 0.3 is 0 Å². The Morgan fingerprint density at radius 3 is 2.00 bits per heavy atom. The topological polar surface area (TPSA) is 49.4 Å². The Morgan fingerprint density at radius 1 is 1.00 bits per heavy atom. The number of hydrogen-bond acceptors (Lipinski definition) is 2. The number of nitrogens with zero attached hydrogens (tertiary/aromatic N) is 1. The molecule has 0 heterocycles. The molecule has 0 aromatic heterocycles. The number of carbonyl (C=O) groups is 2. The zero-order valence-corrected chi connectivity index (χ0v) is 15.3. The van der Waals surface area contributed by atoms with Gasteiger partial charge in [0, 0.05) is 19.8 Å². The first kappa shape index (κ1) is 16.6. The summed E-state index contributed by atoms with van der Waals surface area (Å²) in [4.78, 5) is 26.4. The Labute approximate surface area is 150 Å². The van der Waals surface area contributed by atoms with E-state index in [1.165, 1.54) is 19.3 Å². The SMILES string of the molecule is CN(C)C(=O)Cc1ccc(NC(=O)C23CC4CC(CC(C4)C2)C3)cc1. The Balaban J connectivity index is 1.42. The lowest BCUT2D eigenvalue weighted by Gasteiger charge is -2.55. The van der Waals surface area contributed by atoms with Gasteiger partial charge in [-0.1, -0.05) is 12.1 Å². The molecule has 1 aromatic carbocycles. The number of likely N-dealkylation sites (N-methyl/N-ethyl adjacent to an activating group) is 1. The first-order valence-corrected chi connectivity index (χ1v) is 9.54. The van der Waals surface area contributed by atoms with Crippen molar-refractivity contribution in [1.82, 2.24) is 4.90 Å². The van der Waals surface area contributed by atoms with E-state index < -0.39 is 0 Å². The van der Waals surface area contributed by atoms with Gasteiger partial charge in [-0.25, -0.2) is 0 Å². The van der Waals surface area contributed by atoms with Gasteiger partial charge in [0.05, 0.1) is 11.8 Å². The Morgan fingerprint density at radius 2 is 1.52 bits per heavy atom. The highest BCUT2D eigenvalue weighted by Crippen LogP contribution is 2.60. The van der Waals surface area contributed by atoms with Gasteiger partial charge < -0.3 is 10.2 Å². The van der Waals surface area contributed by atoms with E-state index in [0.717, 1.165) is 48.3 Å². The third kappa shape index (κ3) is 3.19. The van der Waals surface area contributed by atoms with Crippen LogP contribution in [0.1, 0.15) is 44.1 Å². The highest BCUT2D eigenvalue weighted by atomic mass is 16.2. The first-order chi connectivity index (χ1) is 11.9. The molecule has 5 rings (SSSR count). The van der Waals surface area contributed by atoms with Crippen molar-refractivity contribution in [1.29, 1.82) is 0 Å². The predicted octanol–water partition coefficient (Wildman–Crippen LogP) is 3.47. The van der Waals surface area contributed by atoms with Crippen molar-refractivity contribution in [2.75, 3.05) is 19.4 Å². The van der Waals surface area contributed by atoms with Gasteiger partial charge in [-0.2, -0.15) is 0 Å². The van der Waals surface area contributed by atoms with Crippen LogP contribution in [0, 0.1) is 23.2 Å². The van der Waals surface area contributed by atoms with Crippen LogP contribution in [0.15, 0.2) is 24.3 Å². The molecular formula is C21H28N2O2. The molecule has 0 atom stereocenters. The summed E-state index contributed by atoms with van der Waals surface area (Å²) in [7, 11) is 3.53. The molecule has 4 saturated carbocycles. The predicted molar refractivity (Wildman–Crippen MR) is 98.1 cm³/mol. The second-order valence-corrected chi connectivity index (χ2v) is 8.81. The zero-order chi connectivity index (χ0) is 17.6. The number of nitrogens with one attached hydrogen (secondary N) is 1. The van der Waals surface area contributed by atoms with Crippen molar-refractivity contribution in [3.05, 3.63) is 29.8 Å². The van der Waals surface area contributed by atoms with Crippen LogP contribution in [0.5, 0.6) is 0 Å². The second-order valence-electron chi connectivity index (χ2n) is 8.81. The molecule has 0 saturated heterocycles. The van der Waals surface area contributed by atoms with Gasteiger partial charge in [0.2, 0.25) is 11.8 Å². The minimum absolute atomic E-state index is 0.0883. The van der Waals surface area contributed by atoms with Gasteiger partial charge in [0.1, 0.15) is 0 Å². The van der Waals surface area contributed by atoms with E-state index in [1.54, 1.807) is 19.0 Å². The van der Waals surface area contributed by atoms with E-state index in [9.17, 15) is 9.59 Å². The largest absolute Gasteiger partial charge is 0.349 e. The summed E-state index contributed by atoms with van der Waals surface area (Å²) in [6.07, 6.45) is 7.69. The van der Waals surface area contributed by atoms with Gasteiger partial charge in [-0.05, 0) is 74.0 Å². The van der Waals surface area contributed by atoms with Crippen molar-refractivity contribution < 1.29 is 9.59 Å². The maximum Gasteiger partial charge on any atom is 0.230 e. The van der Waals surface area contributed by atoms with Crippen LogP contribution in [-0.4, -0.2) is 30.8 Å². The van der Waals surface area contributed by atoms with E-state index in [-0.39, 0.29) is 17.2 Å². The van der Waals surface area contributed by atoms with E-state index in [1.807, 2.05) is 24.3 Å². The number of anilines is 1. The fourth-order valence-electron chi connectivity index (χ4n) is 5.69. The summed E-state index contributed by atoms with van der Waals surface area (Å²) in [5, 5.41) is 3.17. The van der Waals surface area contributed by atoms with Crippen LogP contribution < -0.4 is 5.32 Å². The number of rotatable bonds is 4. The maximum atomic E-state index is 13.0. The van der Waals surface area contributed by atoms with Crippen molar-refractivity contribution in [2.45, 2.75) is 44.9 Å². The molecular weight excluding hydrogens is 312 g/mol. The number of carbonyl (C=O) groups excluding carboxylic acids is 2. The molecule has 25 heavy (non-hydrogen) atoms. The molecule has 4 heteroatoms. The third-order valence-corrected chi connectivity index (χ3v) is 6.59. The summed E-state index contributed by atoms with van der Waals surface area (Å²) in [6, 6.07) is 7.74. The van der Waals surface area contributed by atoms with Crippen LogP contribution in [0.3, 0.4) is 0 Å². The van der Waals surface area contributed by atoms with Gasteiger partial charge in [0.25, 0.3) is 0 Å². The summed E-state index contributed by atoms with van der Waals surface area (Å²) in [6.45, 7) is 0. The van der Waals surface area contributed by atoms with E-state index in [4.69, 9.17) is 0 Å². The molecule has 4 nitrogen and oxygen atoms in total. The molecule has 4 aliphatic rings. The van der Waals surface area contributed by atoms with Gasteiger partial charge in [0.15, 0.2) is 0 Å². The highest BCUT2D eigenvalue weighted by Gasteiger charge is 2.54. The molecule has 1 N–H and O–H groups in total. The summed E-state index contributed by atoms with van der Waals surface area (Å²) >= 11 is 0. The van der Waals surface area contributed by atoms with Crippen molar-refractivity contribution in [3.8, 4) is 0 Å². The molecule has 2 amide bonds. The fraction of sp³-hybridized carbons (Fsp3) is 0.619. The molecule has 134 valence electrons. The average molecular weight is 340 g/mol. The first-order valence-electron chi connectivity index (χ1n) is 9.54. The molecule has 0 aliphatic heterocycles. The quantitative estimate of drug-likeness (QED) is 0.912. The van der Waals surface area contributed by atoms with Crippen LogP contribution in [0.25, 0.3) is 0 Å². The molecule has 0 unspecified atom stereocenters. The Hall–Kier alpha value is -1.84. The number of benzene rings is 1. The molecule has 1 aromatic rings. The zero-order valence-electron chi connectivity index (χ0n) is 15.3. The fourth-order valence-corrected chi connectivity index (χ4v) is 5.69. The second kappa shape index (κ2) is 6.15. The monoisotopic (exact) mass is 340 g/mol. The minimum Gasteiger partial charge on any atom is -0.349 e. The standard InChI is InChI=1S/C21H28N2O2/c1-23(2)19(24)10-14-3-5-18(6-4-14)22-20(25)21-11-15-7-16(12-21)9-17(8-15)13-21/h3-6,15-17H,7-13H2,1-2H3,(H,22,25). The molecule has 0 radical (unpaired) electrons. The van der Waals surface area contributed by atoms with Crippen molar-refractivity contribution in [3.63, 3.8) is 0 Å². The molecule has 4 aliphatic carbocycles. The number of hydrogen-bond donors (Lipinski definition) is 1. The molecule has 4 fully saturated rings. The van der Waals surface area contributed by atoms with E-state index in [0.29, 0.717) is 6.42 Å². The third-order valence-electron chi connectivity index (χ3n) is 6.59. The van der Waals surface area contributed by atoms with Crippen LogP contribution in [-0.2, 0) is 16.0 Å².